The van der Waals surface area contributed by atoms with Crippen LogP contribution in [-0.4, -0.2) is 44.4 Å². The van der Waals surface area contributed by atoms with Gasteiger partial charge in [-0.3, -0.25) is 4.79 Å². The lowest BCUT2D eigenvalue weighted by Gasteiger charge is -2.32. The van der Waals surface area contributed by atoms with Crippen molar-refractivity contribution in [2.45, 2.75) is 31.5 Å². The fourth-order valence-corrected chi connectivity index (χ4v) is 2.43. The molecule has 2 N–H and O–H groups in total. The van der Waals surface area contributed by atoms with Gasteiger partial charge in [0.15, 0.2) is 5.41 Å². The van der Waals surface area contributed by atoms with Crippen molar-refractivity contribution in [1.29, 1.82) is 0 Å². The lowest BCUT2D eigenvalue weighted by molar-refractivity contribution is -0.216. The van der Waals surface area contributed by atoms with E-state index in [0.29, 0.717) is 19.6 Å². The third-order valence-electron chi connectivity index (χ3n) is 3.63. The minimum Gasteiger partial charge on any atom is -0.379 e. The van der Waals surface area contributed by atoms with Crippen molar-refractivity contribution >= 4 is 5.91 Å². The summed E-state index contributed by atoms with van der Waals surface area (Å²) >= 11 is 0. The first kappa shape index (κ1) is 13.6. The van der Waals surface area contributed by atoms with Gasteiger partial charge in [-0.05, 0) is 25.8 Å². The second-order valence-electron chi connectivity index (χ2n) is 4.89. The first-order valence-electron chi connectivity index (χ1n) is 6.12. The molecule has 2 rings (SSSR count). The van der Waals surface area contributed by atoms with Crippen molar-refractivity contribution in [3.8, 4) is 0 Å². The summed E-state index contributed by atoms with van der Waals surface area (Å²) in [4.78, 5) is 12.0. The third-order valence-corrected chi connectivity index (χ3v) is 3.63. The second kappa shape index (κ2) is 5.05. The Morgan fingerprint density at radius 3 is 2.72 bits per heavy atom. The summed E-state index contributed by atoms with van der Waals surface area (Å²) in [6.07, 6.45) is -3.28. The number of nitrogens with one attached hydrogen (secondary N) is 2. The fraction of sp³-hybridized carbons (Fsp3) is 0.909. The molecule has 4 nitrogen and oxygen atoms in total. The topological polar surface area (TPSA) is 50.4 Å². The molecule has 0 aromatic rings. The Balaban J connectivity index is 2.04. The molecule has 0 saturated carbocycles. The Morgan fingerprint density at radius 2 is 2.22 bits per heavy atom. The average Bonchev–Trinajstić information content (AvgIpc) is 2.80. The molecule has 18 heavy (non-hydrogen) atoms. The lowest BCUT2D eigenvalue weighted by atomic mass is 9.84. The maximum Gasteiger partial charge on any atom is 0.404 e. The average molecular weight is 266 g/mol. The van der Waals surface area contributed by atoms with Gasteiger partial charge < -0.3 is 15.4 Å². The summed E-state index contributed by atoms with van der Waals surface area (Å²) < 4.78 is 44.4. The zero-order chi connectivity index (χ0) is 13.2. The van der Waals surface area contributed by atoms with E-state index in [1.807, 2.05) is 0 Å². The van der Waals surface area contributed by atoms with E-state index < -0.39 is 17.5 Å². The molecule has 2 fully saturated rings. The number of amides is 1. The van der Waals surface area contributed by atoms with Crippen LogP contribution >= 0.6 is 0 Å². The van der Waals surface area contributed by atoms with Crippen molar-refractivity contribution in [2.24, 2.45) is 5.41 Å². The zero-order valence-electron chi connectivity index (χ0n) is 9.98. The highest BCUT2D eigenvalue weighted by Gasteiger charge is 2.61. The lowest BCUT2D eigenvalue weighted by Crippen LogP contribution is -2.55. The molecule has 2 saturated heterocycles. The minimum atomic E-state index is -4.52. The van der Waals surface area contributed by atoms with Crippen LogP contribution in [0.1, 0.15) is 19.3 Å². The summed E-state index contributed by atoms with van der Waals surface area (Å²) in [7, 11) is 0. The monoisotopic (exact) mass is 266 g/mol. The smallest absolute Gasteiger partial charge is 0.379 e. The van der Waals surface area contributed by atoms with Gasteiger partial charge in [-0.25, -0.2) is 0 Å². The van der Waals surface area contributed by atoms with Gasteiger partial charge in [0.25, 0.3) is 0 Å². The number of alkyl halides is 3. The molecule has 0 aliphatic carbocycles. The van der Waals surface area contributed by atoms with Gasteiger partial charge in [-0.2, -0.15) is 13.2 Å². The number of carbonyl (C=O) groups excluding carboxylic acids is 1. The van der Waals surface area contributed by atoms with Gasteiger partial charge in [-0.1, -0.05) is 0 Å². The van der Waals surface area contributed by atoms with Crippen molar-refractivity contribution in [2.75, 3.05) is 26.3 Å². The fourth-order valence-electron chi connectivity index (χ4n) is 2.43. The van der Waals surface area contributed by atoms with Gasteiger partial charge in [0, 0.05) is 13.2 Å². The molecule has 0 aromatic carbocycles. The van der Waals surface area contributed by atoms with Crippen LogP contribution in [0.2, 0.25) is 0 Å². The standard InChI is InChI=1S/C11H17F3N2O2/c12-11(13,14)10(3-4-15-7-10)9(17)16-8-2-1-5-18-6-8/h8,15H,1-7H2,(H,16,17). The molecule has 0 aromatic heterocycles. The van der Waals surface area contributed by atoms with Crippen LogP contribution < -0.4 is 10.6 Å². The quantitative estimate of drug-likeness (QED) is 0.778. The maximum atomic E-state index is 13.1. The van der Waals surface area contributed by atoms with E-state index in [2.05, 4.69) is 10.6 Å². The molecule has 2 aliphatic rings. The Bertz CT molecular complexity index is 308. The van der Waals surface area contributed by atoms with Crippen LogP contribution in [-0.2, 0) is 9.53 Å². The van der Waals surface area contributed by atoms with Crippen molar-refractivity contribution in [3.05, 3.63) is 0 Å². The van der Waals surface area contributed by atoms with E-state index in [1.54, 1.807) is 0 Å². The number of hydrogen-bond donors (Lipinski definition) is 2. The van der Waals surface area contributed by atoms with Crippen LogP contribution in [0.25, 0.3) is 0 Å². The van der Waals surface area contributed by atoms with Crippen LogP contribution in [0.3, 0.4) is 0 Å². The second-order valence-corrected chi connectivity index (χ2v) is 4.89. The number of hydrogen-bond acceptors (Lipinski definition) is 3. The Hall–Kier alpha value is -0.820. The van der Waals surface area contributed by atoms with Crippen LogP contribution in [0.5, 0.6) is 0 Å². The summed E-state index contributed by atoms with van der Waals surface area (Å²) in [6, 6.07) is -0.300. The Kier molecular flexibility index (Phi) is 3.82. The van der Waals surface area contributed by atoms with Gasteiger partial charge in [0.1, 0.15) is 0 Å². The highest BCUT2D eigenvalue weighted by atomic mass is 19.4. The van der Waals surface area contributed by atoms with E-state index >= 15 is 0 Å². The molecular formula is C11H17F3N2O2. The molecule has 2 atom stereocenters. The zero-order valence-corrected chi connectivity index (χ0v) is 9.98. The van der Waals surface area contributed by atoms with E-state index in [4.69, 9.17) is 4.74 Å². The highest BCUT2D eigenvalue weighted by Crippen LogP contribution is 2.43. The summed E-state index contributed by atoms with van der Waals surface area (Å²) in [5.41, 5.74) is -2.27. The third kappa shape index (κ3) is 2.47. The minimum absolute atomic E-state index is 0.199. The molecule has 0 spiro atoms. The predicted molar refractivity (Wildman–Crippen MR) is 58.0 cm³/mol. The van der Waals surface area contributed by atoms with Crippen molar-refractivity contribution in [1.82, 2.24) is 10.6 Å². The predicted octanol–water partition coefficient (Wildman–Crippen LogP) is 0.824. The summed E-state index contributed by atoms with van der Waals surface area (Å²) in [5.74, 6) is -0.921. The molecule has 2 aliphatic heterocycles. The van der Waals surface area contributed by atoms with Crippen molar-refractivity contribution in [3.63, 3.8) is 0 Å². The Morgan fingerprint density at radius 1 is 1.44 bits per heavy atom. The normalized spacial score (nSPS) is 33.4. The van der Waals surface area contributed by atoms with E-state index in [-0.39, 0.29) is 25.6 Å². The van der Waals surface area contributed by atoms with Crippen LogP contribution in [0.15, 0.2) is 0 Å². The molecule has 0 bridgehead atoms. The first-order valence-corrected chi connectivity index (χ1v) is 6.12. The SMILES string of the molecule is O=C(NC1CCCOC1)C1(C(F)(F)F)CCNC1. The number of rotatable bonds is 2. The molecule has 2 heterocycles. The van der Waals surface area contributed by atoms with Gasteiger partial charge in [0.05, 0.1) is 12.6 Å². The van der Waals surface area contributed by atoms with Gasteiger partial charge >= 0.3 is 6.18 Å². The molecule has 104 valence electrons. The number of ether oxygens (including phenoxy) is 1. The van der Waals surface area contributed by atoms with Crippen LogP contribution in [0.4, 0.5) is 13.2 Å². The number of halogens is 3. The van der Waals surface area contributed by atoms with E-state index in [9.17, 15) is 18.0 Å². The largest absolute Gasteiger partial charge is 0.404 e. The molecular weight excluding hydrogens is 249 g/mol. The Labute approximate surface area is 103 Å². The van der Waals surface area contributed by atoms with Crippen LogP contribution in [0, 0.1) is 5.41 Å². The molecule has 1 amide bonds. The van der Waals surface area contributed by atoms with Crippen molar-refractivity contribution < 1.29 is 22.7 Å². The summed E-state index contributed by atoms with van der Waals surface area (Å²) in [6.45, 7) is 0.787. The maximum absolute atomic E-state index is 13.1. The van der Waals surface area contributed by atoms with Gasteiger partial charge in [0.2, 0.25) is 5.91 Å². The molecule has 7 heteroatoms. The molecule has 2 unspecified atom stereocenters. The van der Waals surface area contributed by atoms with E-state index in [1.165, 1.54) is 0 Å². The molecule has 0 radical (unpaired) electrons. The highest BCUT2D eigenvalue weighted by molar-refractivity contribution is 5.84. The van der Waals surface area contributed by atoms with E-state index in [0.717, 1.165) is 6.42 Å². The summed E-state index contributed by atoms with van der Waals surface area (Å²) in [5, 5.41) is 5.11. The first-order chi connectivity index (χ1) is 8.46. The van der Waals surface area contributed by atoms with Gasteiger partial charge in [-0.15, -0.1) is 0 Å². The number of carbonyl (C=O) groups is 1.